The molecular weight excluding hydrogens is 737 g/mol. The van der Waals surface area contributed by atoms with E-state index in [0.717, 1.165) is 17.8 Å². The van der Waals surface area contributed by atoms with Gasteiger partial charge in [-0.25, -0.2) is 0 Å². The van der Waals surface area contributed by atoms with Crippen molar-refractivity contribution in [3.63, 3.8) is 0 Å². The minimum absolute atomic E-state index is 0.415. The molecule has 4 aromatic rings. The van der Waals surface area contributed by atoms with Crippen molar-refractivity contribution >= 4 is 11.4 Å². The number of benzene rings is 4. The van der Waals surface area contributed by atoms with E-state index in [1.807, 2.05) is 0 Å². The largest absolute Gasteiger partial charge is 0.399 e. The maximum absolute atomic E-state index is 6.16. The molecule has 0 bridgehead atoms. The Morgan fingerprint density at radius 3 is 0.902 bits per heavy atom. The predicted molar refractivity (Wildman–Crippen MR) is 271 cm³/mol. The molecule has 0 aromatic heterocycles. The highest BCUT2D eigenvalue weighted by Gasteiger charge is 2.19. The molecule has 0 amide bonds. The molecule has 4 N–H and O–H groups in total. The summed E-state index contributed by atoms with van der Waals surface area (Å²) in [5.74, 6) is 1.36. The smallest absolute Gasteiger partial charge is 0.0314 e. The van der Waals surface area contributed by atoms with E-state index in [4.69, 9.17) is 11.5 Å². The number of anilines is 2. The molecule has 2 nitrogen and oxygen atoms in total. The lowest BCUT2D eigenvalue weighted by Crippen LogP contribution is -2.07. The van der Waals surface area contributed by atoms with Crippen LogP contribution in [0.1, 0.15) is 252 Å². The highest BCUT2D eigenvalue weighted by atomic mass is 14.5. The lowest BCUT2D eigenvalue weighted by atomic mass is 9.82. The maximum atomic E-state index is 6.16. The molecule has 0 spiro atoms. The van der Waals surface area contributed by atoms with Crippen LogP contribution in [0.5, 0.6) is 0 Å². The van der Waals surface area contributed by atoms with Crippen molar-refractivity contribution in [2.45, 2.75) is 225 Å². The average molecular weight is 827 g/mol. The van der Waals surface area contributed by atoms with Crippen LogP contribution in [0.3, 0.4) is 0 Å². The van der Waals surface area contributed by atoms with Gasteiger partial charge in [0.25, 0.3) is 0 Å². The third-order valence-electron chi connectivity index (χ3n) is 13.7. The van der Waals surface area contributed by atoms with E-state index in [1.54, 1.807) is 0 Å². The Balaban J connectivity index is 1.44. The first kappa shape index (κ1) is 50.1. The van der Waals surface area contributed by atoms with Gasteiger partial charge in [-0.05, 0) is 89.2 Å². The molecule has 336 valence electrons. The molecule has 0 radical (unpaired) electrons. The van der Waals surface area contributed by atoms with Gasteiger partial charge in [0.1, 0.15) is 0 Å². The molecule has 0 heterocycles. The summed E-state index contributed by atoms with van der Waals surface area (Å²) in [6.07, 6.45) is 38.8. The molecule has 0 saturated heterocycles. The van der Waals surface area contributed by atoms with Crippen LogP contribution in [0.2, 0.25) is 0 Å². The second-order valence-electron chi connectivity index (χ2n) is 18.9. The summed E-state index contributed by atoms with van der Waals surface area (Å²) < 4.78 is 0. The standard InChI is InChI=1S/C59H90N2/c1-4-7-10-13-16-18-21-24-27-30-58(53-40-44-56(60)45-41-53)51-34-32-49(33-35-51)48-55(29-26-23-20-15-12-9-6-3)50-36-38-52(39-37-50)59(54-42-46-57(61)47-43-54)31-28-25-22-19-17-14-11-8-5-2/h32-47,55,58-59H,4-31,48,60-61H2,1-3H3. The Kier molecular flexibility index (Phi) is 25.8. The van der Waals surface area contributed by atoms with Gasteiger partial charge in [-0.1, -0.05) is 254 Å². The molecule has 0 aliphatic heterocycles. The fraction of sp³-hybridized carbons (Fsp3) is 0.593. The van der Waals surface area contributed by atoms with Gasteiger partial charge < -0.3 is 11.5 Å². The highest BCUT2D eigenvalue weighted by Crippen LogP contribution is 2.35. The topological polar surface area (TPSA) is 52.0 Å². The quantitative estimate of drug-likeness (QED) is 0.0359. The number of rotatable bonds is 35. The average Bonchev–Trinajstić information content (AvgIpc) is 3.28. The Morgan fingerprint density at radius 2 is 0.557 bits per heavy atom. The summed E-state index contributed by atoms with van der Waals surface area (Å²) in [5, 5.41) is 0. The van der Waals surface area contributed by atoms with Gasteiger partial charge in [0.15, 0.2) is 0 Å². The summed E-state index contributed by atoms with van der Waals surface area (Å²) in [4.78, 5) is 0. The molecule has 0 aliphatic carbocycles. The van der Waals surface area contributed by atoms with E-state index in [1.165, 1.54) is 213 Å². The van der Waals surface area contributed by atoms with E-state index < -0.39 is 0 Å². The van der Waals surface area contributed by atoms with Crippen molar-refractivity contribution in [1.29, 1.82) is 0 Å². The summed E-state index contributed by atoms with van der Waals surface area (Å²) in [6, 6.07) is 37.1. The third-order valence-corrected chi connectivity index (χ3v) is 13.7. The Bertz CT molecular complexity index is 1620. The molecule has 0 fully saturated rings. The molecule has 0 saturated carbocycles. The molecule has 3 atom stereocenters. The number of unbranched alkanes of at least 4 members (excludes halogenated alkanes) is 22. The fourth-order valence-corrected chi connectivity index (χ4v) is 9.73. The van der Waals surface area contributed by atoms with Crippen molar-refractivity contribution < 1.29 is 0 Å². The lowest BCUT2D eigenvalue weighted by Gasteiger charge is -2.22. The van der Waals surface area contributed by atoms with Crippen LogP contribution in [-0.4, -0.2) is 0 Å². The molecular formula is C59H90N2. The van der Waals surface area contributed by atoms with E-state index in [2.05, 4.69) is 118 Å². The van der Waals surface area contributed by atoms with Gasteiger partial charge in [0.2, 0.25) is 0 Å². The zero-order valence-corrected chi connectivity index (χ0v) is 39.6. The maximum Gasteiger partial charge on any atom is 0.0314 e. The molecule has 61 heavy (non-hydrogen) atoms. The Labute approximate surface area is 376 Å². The second kappa shape index (κ2) is 31.3. The van der Waals surface area contributed by atoms with Crippen LogP contribution in [0.15, 0.2) is 97.1 Å². The number of nitrogens with two attached hydrogens (primary N) is 2. The summed E-state index contributed by atoms with van der Waals surface area (Å²) in [6.45, 7) is 6.92. The Hall–Kier alpha value is -3.52. The fourth-order valence-electron chi connectivity index (χ4n) is 9.73. The van der Waals surface area contributed by atoms with Crippen LogP contribution in [0.25, 0.3) is 0 Å². The van der Waals surface area contributed by atoms with Crippen molar-refractivity contribution in [3.8, 4) is 0 Å². The summed E-state index contributed by atoms with van der Waals surface area (Å²) >= 11 is 0. The minimum Gasteiger partial charge on any atom is -0.399 e. The SMILES string of the molecule is CCCCCCCCCCCC(c1ccc(N)cc1)c1ccc(CC(CCCCCCCCC)c2ccc(C(CCCCCCCCCCC)c3ccc(N)cc3)cc2)cc1. The van der Waals surface area contributed by atoms with Crippen molar-refractivity contribution in [2.75, 3.05) is 11.5 Å². The molecule has 4 aromatic carbocycles. The van der Waals surface area contributed by atoms with Gasteiger partial charge in [-0.3, -0.25) is 0 Å². The monoisotopic (exact) mass is 827 g/mol. The van der Waals surface area contributed by atoms with Gasteiger partial charge in [-0.15, -0.1) is 0 Å². The number of nitrogen functional groups attached to an aromatic ring is 2. The first-order chi connectivity index (χ1) is 30.0. The van der Waals surface area contributed by atoms with E-state index in [9.17, 15) is 0 Å². The number of hydrogen-bond acceptors (Lipinski definition) is 2. The summed E-state index contributed by atoms with van der Waals surface area (Å²) in [5.41, 5.74) is 22.7. The van der Waals surface area contributed by atoms with Crippen LogP contribution in [0, 0.1) is 0 Å². The van der Waals surface area contributed by atoms with Crippen LogP contribution in [0.4, 0.5) is 11.4 Å². The van der Waals surface area contributed by atoms with Crippen LogP contribution < -0.4 is 11.5 Å². The Morgan fingerprint density at radius 1 is 0.295 bits per heavy atom. The summed E-state index contributed by atoms with van der Waals surface area (Å²) in [7, 11) is 0. The second-order valence-corrected chi connectivity index (χ2v) is 18.9. The molecule has 2 heteroatoms. The highest BCUT2D eigenvalue weighted by molar-refractivity contribution is 5.44. The number of hydrogen-bond donors (Lipinski definition) is 2. The lowest BCUT2D eigenvalue weighted by molar-refractivity contribution is 0.530. The molecule has 3 unspecified atom stereocenters. The van der Waals surface area contributed by atoms with Crippen LogP contribution >= 0.6 is 0 Å². The van der Waals surface area contributed by atoms with Crippen molar-refractivity contribution in [3.05, 3.63) is 130 Å². The van der Waals surface area contributed by atoms with Gasteiger partial charge in [-0.2, -0.15) is 0 Å². The first-order valence-corrected chi connectivity index (χ1v) is 25.9. The van der Waals surface area contributed by atoms with E-state index >= 15 is 0 Å². The van der Waals surface area contributed by atoms with Crippen molar-refractivity contribution in [1.82, 2.24) is 0 Å². The first-order valence-electron chi connectivity index (χ1n) is 25.9. The molecule has 4 rings (SSSR count). The third kappa shape index (κ3) is 20.0. The predicted octanol–water partition coefficient (Wildman–Crippen LogP) is 18.4. The van der Waals surface area contributed by atoms with Crippen LogP contribution in [-0.2, 0) is 6.42 Å². The van der Waals surface area contributed by atoms with Gasteiger partial charge in [0.05, 0.1) is 0 Å². The zero-order chi connectivity index (χ0) is 43.2. The molecule has 0 aliphatic rings. The van der Waals surface area contributed by atoms with Crippen molar-refractivity contribution in [2.24, 2.45) is 0 Å². The van der Waals surface area contributed by atoms with Gasteiger partial charge >= 0.3 is 0 Å². The van der Waals surface area contributed by atoms with E-state index in [0.29, 0.717) is 17.8 Å². The van der Waals surface area contributed by atoms with Gasteiger partial charge in [0, 0.05) is 23.2 Å². The normalized spacial score (nSPS) is 13.0. The minimum atomic E-state index is 0.415. The zero-order valence-electron chi connectivity index (χ0n) is 39.6. The van der Waals surface area contributed by atoms with E-state index in [-0.39, 0.29) is 0 Å².